The van der Waals surface area contributed by atoms with Crippen LogP contribution in [0.3, 0.4) is 0 Å². The molecule has 0 saturated heterocycles. The van der Waals surface area contributed by atoms with Crippen LogP contribution in [0, 0.1) is 0 Å². The lowest BCUT2D eigenvalue weighted by Gasteiger charge is -2.12. The zero-order valence-electron chi connectivity index (χ0n) is 13.5. The number of hydrogen-bond acceptors (Lipinski definition) is 3. The number of amides is 1. The van der Waals surface area contributed by atoms with E-state index in [1.807, 2.05) is 43.3 Å². The van der Waals surface area contributed by atoms with Crippen molar-refractivity contribution in [1.82, 2.24) is 5.32 Å². The fourth-order valence-electron chi connectivity index (χ4n) is 2.08. The van der Waals surface area contributed by atoms with Crippen molar-refractivity contribution in [2.45, 2.75) is 19.9 Å². The molecule has 2 rings (SSSR count). The lowest BCUT2D eigenvalue weighted by molar-refractivity contribution is -0.116. The lowest BCUT2D eigenvalue weighted by Crippen LogP contribution is -2.18. The van der Waals surface area contributed by atoms with Gasteiger partial charge in [-0.3, -0.25) is 4.79 Å². The lowest BCUT2D eigenvalue weighted by atomic mass is 10.1. The molecule has 0 saturated carbocycles. The third kappa shape index (κ3) is 6.40. The molecule has 0 fully saturated rings. The van der Waals surface area contributed by atoms with E-state index in [0.717, 1.165) is 24.3 Å². The summed E-state index contributed by atoms with van der Waals surface area (Å²) in [7, 11) is 0. The number of carbonyl (C=O) groups is 1. The summed E-state index contributed by atoms with van der Waals surface area (Å²) in [5.74, 6) is 0.510. The molecular formula is C18H22Cl2N2O2. The van der Waals surface area contributed by atoms with Crippen LogP contribution < -0.4 is 15.4 Å². The smallest absolute Gasteiger partial charge is 0.227 e. The molecule has 2 aromatic carbocycles. The van der Waals surface area contributed by atoms with E-state index in [1.54, 1.807) is 12.1 Å². The van der Waals surface area contributed by atoms with E-state index in [4.69, 9.17) is 16.3 Å². The van der Waals surface area contributed by atoms with Gasteiger partial charge in [0.1, 0.15) is 5.75 Å². The number of ether oxygens (including phenoxy) is 1. The van der Waals surface area contributed by atoms with Gasteiger partial charge < -0.3 is 15.4 Å². The summed E-state index contributed by atoms with van der Waals surface area (Å²) in [5.41, 5.74) is 1.89. The Morgan fingerprint density at radius 3 is 2.58 bits per heavy atom. The van der Waals surface area contributed by atoms with Crippen molar-refractivity contribution in [2.24, 2.45) is 0 Å². The molecule has 4 nitrogen and oxygen atoms in total. The highest BCUT2D eigenvalue weighted by atomic mass is 35.5. The molecule has 2 N–H and O–H groups in total. The van der Waals surface area contributed by atoms with Crippen LogP contribution >= 0.6 is 24.0 Å². The van der Waals surface area contributed by atoms with E-state index < -0.39 is 0 Å². The maximum Gasteiger partial charge on any atom is 0.227 e. The van der Waals surface area contributed by atoms with Gasteiger partial charge >= 0.3 is 0 Å². The predicted octanol–water partition coefficient (Wildman–Crippen LogP) is 4.28. The molecule has 0 unspecified atom stereocenters. The second-order valence-electron chi connectivity index (χ2n) is 5.01. The number of halogens is 2. The summed E-state index contributed by atoms with van der Waals surface area (Å²) in [6, 6.07) is 15.0. The van der Waals surface area contributed by atoms with Gasteiger partial charge in [0.15, 0.2) is 0 Å². The van der Waals surface area contributed by atoms with Gasteiger partial charge in [-0.15, -0.1) is 12.4 Å². The van der Waals surface area contributed by atoms with Gasteiger partial charge in [-0.2, -0.15) is 0 Å². The average molecular weight is 369 g/mol. The normalized spacial score (nSPS) is 9.92. The molecule has 0 aliphatic carbocycles. The zero-order valence-corrected chi connectivity index (χ0v) is 15.1. The standard InChI is InChI=1S/C18H21ClN2O2.ClH/c1-2-20-13-14-7-3-5-9-16(14)21-18(22)11-12-23-17-10-6-4-8-15(17)19;/h3-10,20H,2,11-13H2,1H3,(H,21,22);1H. The third-order valence-electron chi connectivity index (χ3n) is 3.28. The van der Waals surface area contributed by atoms with Crippen LogP contribution in [-0.4, -0.2) is 19.1 Å². The summed E-state index contributed by atoms with van der Waals surface area (Å²) in [5, 5.41) is 6.73. The Balaban J connectivity index is 0.00000288. The largest absolute Gasteiger partial charge is 0.491 e. The first-order chi connectivity index (χ1) is 11.2. The monoisotopic (exact) mass is 368 g/mol. The second-order valence-corrected chi connectivity index (χ2v) is 5.42. The molecule has 0 aliphatic rings. The zero-order chi connectivity index (χ0) is 16.5. The van der Waals surface area contributed by atoms with Crippen LogP contribution in [0.1, 0.15) is 18.9 Å². The van der Waals surface area contributed by atoms with Crippen LogP contribution in [0.25, 0.3) is 0 Å². The highest BCUT2D eigenvalue weighted by molar-refractivity contribution is 6.32. The third-order valence-corrected chi connectivity index (χ3v) is 3.59. The molecule has 0 radical (unpaired) electrons. The topological polar surface area (TPSA) is 50.4 Å². The fourth-order valence-corrected chi connectivity index (χ4v) is 2.27. The highest BCUT2D eigenvalue weighted by Crippen LogP contribution is 2.23. The van der Waals surface area contributed by atoms with Crippen LogP contribution in [-0.2, 0) is 11.3 Å². The molecule has 0 spiro atoms. The first-order valence-electron chi connectivity index (χ1n) is 7.66. The molecule has 0 aliphatic heterocycles. The Hall–Kier alpha value is -1.75. The Morgan fingerprint density at radius 2 is 1.83 bits per heavy atom. The molecule has 0 heterocycles. The molecule has 6 heteroatoms. The maximum absolute atomic E-state index is 12.1. The van der Waals surface area contributed by atoms with E-state index in [1.165, 1.54) is 0 Å². The van der Waals surface area contributed by atoms with E-state index in [-0.39, 0.29) is 31.3 Å². The fraction of sp³-hybridized carbons (Fsp3) is 0.278. The number of hydrogen-bond donors (Lipinski definition) is 2. The molecule has 1 amide bonds. The molecule has 2 aromatic rings. The number of carbonyl (C=O) groups excluding carboxylic acids is 1. The Kier molecular flexibility index (Phi) is 9.23. The molecule has 0 atom stereocenters. The molecule has 130 valence electrons. The van der Waals surface area contributed by atoms with E-state index in [9.17, 15) is 4.79 Å². The first-order valence-corrected chi connectivity index (χ1v) is 8.04. The number of para-hydroxylation sites is 2. The summed E-state index contributed by atoms with van der Waals surface area (Å²) < 4.78 is 5.54. The van der Waals surface area contributed by atoms with Gasteiger partial charge in [0.2, 0.25) is 5.91 Å². The summed E-state index contributed by atoms with van der Waals surface area (Å²) >= 11 is 6.01. The van der Waals surface area contributed by atoms with Gasteiger partial charge in [0.25, 0.3) is 0 Å². The van der Waals surface area contributed by atoms with Crippen molar-refractivity contribution in [3.8, 4) is 5.75 Å². The first kappa shape index (κ1) is 20.3. The quantitative estimate of drug-likeness (QED) is 0.730. The summed E-state index contributed by atoms with van der Waals surface area (Å²) in [6.45, 7) is 3.94. The van der Waals surface area contributed by atoms with Crippen molar-refractivity contribution < 1.29 is 9.53 Å². The van der Waals surface area contributed by atoms with Crippen molar-refractivity contribution in [1.29, 1.82) is 0 Å². The van der Waals surface area contributed by atoms with Crippen molar-refractivity contribution in [3.05, 3.63) is 59.1 Å². The van der Waals surface area contributed by atoms with E-state index in [2.05, 4.69) is 10.6 Å². The second kappa shape index (κ2) is 10.9. The SMILES string of the molecule is CCNCc1ccccc1NC(=O)CCOc1ccccc1Cl.Cl. The van der Waals surface area contributed by atoms with E-state index >= 15 is 0 Å². The number of rotatable bonds is 8. The van der Waals surface area contributed by atoms with Crippen molar-refractivity contribution in [3.63, 3.8) is 0 Å². The van der Waals surface area contributed by atoms with Gasteiger partial charge in [0, 0.05) is 12.2 Å². The van der Waals surface area contributed by atoms with Crippen LogP contribution in [0.4, 0.5) is 5.69 Å². The Morgan fingerprint density at radius 1 is 1.12 bits per heavy atom. The van der Waals surface area contributed by atoms with Gasteiger partial charge in [0.05, 0.1) is 18.1 Å². The van der Waals surface area contributed by atoms with Crippen molar-refractivity contribution >= 4 is 35.6 Å². The minimum atomic E-state index is -0.0824. The minimum Gasteiger partial charge on any atom is -0.491 e. The highest BCUT2D eigenvalue weighted by Gasteiger charge is 2.07. The molecular weight excluding hydrogens is 347 g/mol. The molecule has 0 bridgehead atoms. The van der Waals surface area contributed by atoms with Crippen LogP contribution in [0.15, 0.2) is 48.5 Å². The average Bonchev–Trinajstić information content (AvgIpc) is 2.56. The van der Waals surface area contributed by atoms with Crippen molar-refractivity contribution in [2.75, 3.05) is 18.5 Å². The summed E-state index contributed by atoms with van der Waals surface area (Å²) in [6.07, 6.45) is 0.265. The van der Waals surface area contributed by atoms with Gasteiger partial charge in [-0.1, -0.05) is 48.9 Å². The van der Waals surface area contributed by atoms with Gasteiger partial charge in [-0.25, -0.2) is 0 Å². The maximum atomic E-state index is 12.1. The van der Waals surface area contributed by atoms with E-state index in [0.29, 0.717) is 10.8 Å². The predicted molar refractivity (Wildman–Crippen MR) is 101 cm³/mol. The summed E-state index contributed by atoms with van der Waals surface area (Å²) in [4.78, 5) is 12.1. The van der Waals surface area contributed by atoms with Gasteiger partial charge in [-0.05, 0) is 30.3 Å². The number of nitrogens with one attached hydrogen (secondary N) is 2. The Bertz CT molecular complexity index is 650. The number of benzene rings is 2. The van der Waals surface area contributed by atoms with Crippen LogP contribution in [0.2, 0.25) is 5.02 Å². The minimum absolute atomic E-state index is 0. The van der Waals surface area contributed by atoms with Crippen LogP contribution in [0.5, 0.6) is 5.75 Å². The molecule has 0 aromatic heterocycles. The molecule has 24 heavy (non-hydrogen) atoms. The Labute approximate surface area is 154 Å². The number of anilines is 1.